The molecule has 1 N–H and O–H groups in total. The summed E-state index contributed by atoms with van der Waals surface area (Å²) in [6.07, 6.45) is 1.60. The molecule has 0 unspecified atom stereocenters. The maximum atomic E-state index is 12.3. The van der Waals surface area contributed by atoms with Crippen LogP contribution in [0.2, 0.25) is 0 Å². The first-order valence-electron chi connectivity index (χ1n) is 8.93. The molecule has 1 heterocycles. The molecular formula is C21H21IN2O4. The number of hydrogen-bond acceptors (Lipinski definition) is 5. The highest BCUT2D eigenvalue weighted by Gasteiger charge is 2.14. The van der Waals surface area contributed by atoms with Crippen molar-refractivity contribution in [1.82, 2.24) is 5.43 Å². The molecule has 146 valence electrons. The standard InChI is InChI=1S/C21H21IN2O4/c1-4-26-18-10-14(9-16(22)20(18)27-13(2)3)12-23-24-21(25)19-11-15-7-5-6-8-17(15)28-19/h5-13H,4H2,1-3H3,(H,24,25)/b23-12+. The zero-order chi connectivity index (χ0) is 20.1. The predicted molar refractivity (Wildman–Crippen MR) is 117 cm³/mol. The van der Waals surface area contributed by atoms with Crippen molar-refractivity contribution in [2.24, 2.45) is 5.10 Å². The first-order valence-corrected chi connectivity index (χ1v) is 10.0. The van der Waals surface area contributed by atoms with Crippen molar-refractivity contribution in [3.05, 3.63) is 57.4 Å². The molecule has 2 aromatic carbocycles. The number of carbonyl (C=O) groups is 1. The van der Waals surface area contributed by atoms with Gasteiger partial charge in [0.15, 0.2) is 17.3 Å². The monoisotopic (exact) mass is 492 g/mol. The molecule has 6 nitrogen and oxygen atoms in total. The second kappa shape index (κ2) is 9.09. The third-order valence-electron chi connectivity index (χ3n) is 3.71. The second-order valence-electron chi connectivity index (χ2n) is 6.28. The van der Waals surface area contributed by atoms with Gasteiger partial charge in [-0.25, -0.2) is 5.43 Å². The number of hydrogen-bond donors (Lipinski definition) is 1. The number of ether oxygens (including phenoxy) is 2. The second-order valence-corrected chi connectivity index (χ2v) is 7.44. The number of furan rings is 1. The van der Waals surface area contributed by atoms with E-state index in [1.807, 2.05) is 57.2 Å². The van der Waals surface area contributed by atoms with Gasteiger partial charge in [0, 0.05) is 5.39 Å². The van der Waals surface area contributed by atoms with E-state index >= 15 is 0 Å². The summed E-state index contributed by atoms with van der Waals surface area (Å²) in [6.45, 7) is 6.37. The van der Waals surface area contributed by atoms with E-state index in [9.17, 15) is 4.79 Å². The van der Waals surface area contributed by atoms with Crippen LogP contribution in [0.1, 0.15) is 36.9 Å². The number of benzene rings is 2. The SMILES string of the molecule is CCOc1cc(/C=N/NC(=O)c2cc3ccccc3o2)cc(I)c1OC(C)C. The van der Waals surface area contributed by atoms with Gasteiger partial charge in [-0.2, -0.15) is 5.10 Å². The van der Waals surface area contributed by atoms with Gasteiger partial charge in [-0.3, -0.25) is 4.79 Å². The summed E-state index contributed by atoms with van der Waals surface area (Å²) >= 11 is 2.20. The van der Waals surface area contributed by atoms with Gasteiger partial charge in [-0.15, -0.1) is 0 Å². The molecule has 0 spiro atoms. The van der Waals surface area contributed by atoms with Gasteiger partial charge in [-0.05, 0) is 73.2 Å². The summed E-state index contributed by atoms with van der Waals surface area (Å²) in [5.41, 5.74) is 3.93. The molecule has 0 fully saturated rings. The highest BCUT2D eigenvalue weighted by atomic mass is 127. The van der Waals surface area contributed by atoms with Crippen molar-refractivity contribution in [2.75, 3.05) is 6.61 Å². The Morgan fingerprint density at radius 3 is 2.79 bits per heavy atom. The maximum absolute atomic E-state index is 12.3. The van der Waals surface area contributed by atoms with Crippen molar-refractivity contribution >= 4 is 45.7 Å². The molecule has 0 aliphatic heterocycles. The van der Waals surface area contributed by atoms with E-state index in [0.29, 0.717) is 23.7 Å². The van der Waals surface area contributed by atoms with Crippen molar-refractivity contribution in [2.45, 2.75) is 26.9 Å². The molecular weight excluding hydrogens is 471 g/mol. The zero-order valence-corrected chi connectivity index (χ0v) is 18.0. The lowest BCUT2D eigenvalue weighted by Gasteiger charge is -2.16. The van der Waals surface area contributed by atoms with Gasteiger partial charge < -0.3 is 13.9 Å². The molecule has 3 aromatic rings. The molecule has 0 radical (unpaired) electrons. The number of amides is 1. The molecule has 0 atom stereocenters. The number of hydrazone groups is 1. The number of rotatable bonds is 7. The van der Waals surface area contributed by atoms with Crippen LogP contribution in [-0.2, 0) is 0 Å². The van der Waals surface area contributed by atoms with E-state index in [2.05, 4.69) is 33.1 Å². The van der Waals surface area contributed by atoms with Crippen molar-refractivity contribution < 1.29 is 18.7 Å². The predicted octanol–water partition coefficient (Wildman–Crippen LogP) is 4.99. The molecule has 0 saturated heterocycles. The summed E-state index contributed by atoms with van der Waals surface area (Å²) in [5.74, 6) is 1.16. The van der Waals surface area contributed by atoms with Gasteiger partial charge in [-0.1, -0.05) is 18.2 Å². The lowest BCUT2D eigenvalue weighted by atomic mass is 10.2. The largest absolute Gasteiger partial charge is 0.490 e. The Labute approximate surface area is 177 Å². The fraction of sp³-hybridized carbons (Fsp3) is 0.238. The molecule has 28 heavy (non-hydrogen) atoms. The van der Waals surface area contributed by atoms with Crippen LogP contribution in [0, 0.1) is 3.57 Å². The highest BCUT2D eigenvalue weighted by molar-refractivity contribution is 14.1. The van der Waals surface area contributed by atoms with Crippen LogP contribution in [0.15, 0.2) is 52.0 Å². The molecule has 0 saturated carbocycles. The van der Waals surface area contributed by atoms with E-state index in [-0.39, 0.29) is 11.9 Å². The van der Waals surface area contributed by atoms with Crippen LogP contribution in [0.25, 0.3) is 11.0 Å². The van der Waals surface area contributed by atoms with Gasteiger partial charge >= 0.3 is 5.91 Å². The van der Waals surface area contributed by atoms with Gasteiger partial charge in [0.2, 0.25) is 0 Å². The highest BCUT2D eigenvalue weighted by Crippen LogP contribution is 2.34. The molecule has 1 amide bonds. The minimum Gasteiger partial charge on any atom is -0.490 e. The fourth-order valence-electron chi connectivity index (χ4n) is 2.59. The number of nitrogens with zero attached hydrogens (tertiary/aromatic N) is 1. The number of nitrogens with one attached hydrogen (secondary N) is 1. The number of para-hydroxylation sites is 1. The van der Waals surface area contributed by atoms with Crippen molar-refractivity contribution in [3.8, 4) is 11.5 Å². The maximum Gasteiger partial charge on any atom is 0.307 e. The number of halogens is 1. The Bertz CT molecular complexity index is 978. The van der Waals surface area contributed by atoms with Crippen LogP contribution in [0.5, 0.6) is 11.5 Å². The first kappa shape index (κ1) is 20.2. The minimum absolute atomic E-state index is 0.0373. The Morgan fingerprint density at radius 2 is 2.07 bits per heavy atom. The van der Waals surface area contributed by atoms with Crippen molar-refractivity contribution in [1.29, 1.82) is 0 Å². The summed E-state index contributed by atoms with van der Waals surface area (Å²) in [5, 5.41) is 4.91. The third kappa shape index (κ3) is 4.83. The van der Waals surface area contributed by atoms with Crippen LogP contribution >= 0.6 is 22.6 Å². The summed E-state index contributed by atoms with van der Waals surface area (Å²) < 4.78 is 18.0. The Kier molecular flexibility index (Phi) is 6.56. The van der Waals surface area contributed by atoms with Gasteiger partial charge in [0.25, 0.3) is 0 Å². The molecule has 7 heteroatoms. The topological polar surface area (TPSA) is 73.1 Å². The van der Waals surface area contributed by atoms with E-state index in [1.54, 1.807) is 12.3 Å². The first-order chi connectivity index (χ1) is 13.5. The van der Waals surface area contributed by atoms with E-state index < -0.39 is 5.91 Å². The number of fused-ring (bicyclic) bond motifs is 1. The van der Waals surface area contributed by atoms with Crippen LogP contribution < -0.4 is 14.9 Å². The molecule has 3 rings (SSSR count). The van der Waals surface area contributed by atoms with Crippen LogP contribution in [0.3, 0.4) is 0 Å². The summed E-state index contributed by atoms with van der Waals surface area (Å²) in [6, 6.07) is 12.9. The fourth-order valence-corrected chi connectivity index (χ4v) is 3.34. The molecule has 0 bridgehead atoms. The van der Waals surface area contributed by atoms with E-state index in [1.165, 1.54) is 0 Å². The summed E-state index contributed by atoms with van der Waals surface area (Å²) in [4.78, 5) is 12.3. The Morgan fingerprint density at radius 1 is 1.29 bits per heavy atom. The smallest absolute Gasteiger partial charge is 0.307 e. The average Bonchev–Trinajstić information content (AvgIpc) is 3.09. The van der Waals surface area contributed by atoms with E-state index in [0.717, 1.165) is 14.5 Å². The van der Waals surface area contributed by atoms with E-state index in [4.69, 9.17) is 13.9 Å². The average molecular weight is 492 g/mol. The molecule has 0 aliphatic carbocycles. The lowest BCUT2D eigenvalue weighted by molar-refractivity contribution is 0.0929. The lowest BCUT2D eigenvalue weighted by Crippen LogP contribution is -2.16. The zero-order valence-electron chi connectivity index (χ0n) is 15.9. The van der Waals surface area contributed by atoms with Crippen molar-refractivity contribution in [3.63, 3.8) is 0 Å². The Hall–Kier alpha value is -2.55. The Balaban J connectivity index is 1.75. The van der Waals surface area contributed by atoms with Gasteiger partial charge in [0.05, 0.1) is 22.5 Å². The molecule has 1 aromatic heterocycles. The molecule has 0 aliphatic rings. The van der Waals surface area contributed by atoms with Gasteiger partial charge in [0.1, 0.15) is 5.58 Å². The number of carbonyl (C=O) groups excluding carboxylic acids is 1. The minimum atomic E-state index is -0.410. The third-order valence-corrected chi connectivity index (χ3v) is 4.52. The quantitative estimate of drug-likeness (QED) is 0.287. The van der Waals surface area contributed by atoms with Crippen LogP contribution in [0.4, 0.5) is 0 Å². The summed E-state index contributed by atoms with van der Waals surface area (Å²) in [7, 11) is 0. The normalized spacial score (nSPS) is 11.3. The van der Waals surface area contributed by atoms with Crippen LogP contribution in [-0.4, -0.2) is 24.8 Å².